The highest BCUT2D eigenvalue weighted by Gasteiger charge is 2.19. The van der Waals surface area contributed by atoms with Crippen molar-refractivity contribution in [3.05, 3.63) is 51.5 Å². The number of aromatic nitrogens is 1. The van der Waals surface area contributed by atoms with Crippen molar-refractivity contribution < 1.29 is 19.1 Å². The Kier molecular flexibility index (Phi) is 12.0. The summed E-state index contributed by atoms with van der Waals surface area (Å²) in [5.41, 5.74) is 2.22. The lowest BCUT2D eigenvalue weighted by Crippen LogP contribution is -2.32. The van der Waals surface area contributed by atoms with E-state index in [0.717, 1.165) is 12.8 Å². The van der Waals surface area contributed by atoms with E-state index in [-0.39, 0.29) is 5.91 Å². The van der Waals surface area contributed by atoms with E-state index >= 15 is 0 Å². The Morgan fingerprint density at radius 3 is 2.47 bits per heavy atom. The molecule has 6 nitrogen and oxygen atoms in total. The Bertz CT molecular complexity index is 820. The fraction of sp³-hybridized carbons (Fsp3) is 0.560. The largest absolute Gasteiger partial charge is 0.461 e. The zero-order valence-electron chi connectivity index (χ0n) is 19.6. The SMILES string of the molecule is CCCCCCc1ccc(C(=O)N(CCCOCC)Cc2nc(C(=O)OCC)cs2)cc1. The summed E-state index contributed by atoms with van der Waals surface area (Å²) in [7, 11) is 0. The minimum Gasteiger partial charge on any atom is -0.461 e. The van der Waals surface area contributed by atoms with Crippen LogP contribution in [-0.4, -0.2) is 48.1 Å². The first-order valence-corrected chi connectivity index (χ1v) is 12.5. The average Bonchev–Trinajstić information content (AvgIpc) is 3.28. The van der Waals surface area contributed by atoms with Gasteiger partial charge >= 0.3 is 5.97 Å². The molecule has 0 N–H and O–H groups in total. The van der Waals surface area contributed by atoms with Crippen LogP contribution in [-0.2, 0) is 22.4 Å². The van der Waals surface area contributed by atoms with Crippen molar-refractivity contribution >= 4 is 23.2 Å². The molecule has 0 aliphatic carbocycles. The van der Waals surface area contributed by atoms with Gasteiger partial charge in [0.25, 0.3) is 5.91 Å². The number of thiazole rings is 1. The van der Waals surface area contributed by atoms with Crippen LogP contribution in [0.5, 0.6) is 0 Å². The van der Waals surface area contributed by atoms with Crippen LogP contribution in [0.2, 0.25) is 0 Å². The van der Waals surface area contributed by atoms with Crippen LogP contribution < -0.4 is 0 Å². The number of benzene rings is 1. The Morgan fingerprint density at radius 1 is 1.00 bits per heavy atom. The highest BCUT2D eigenvalue weighted by molar-refractivity contribution is 7.09. The number of amides is 1. The molecule has 0 saturated heterocycles. The maximum Gasteiger partial charge on any atom is 0.357 e. The zero-order valence-corrected chi connectivity index (χ0v) is 20.4. The maximum atomic E-state index is 13.2. The van der Waals surface area contributed by atoms with E-state index in [1.807, 2.05) is 19.1 Å². The second-order valence-corrected chi connectivity index (χ2v) is 8.57. The lowest BCUT2D eigenvalue weighted by molar-refractivity contribution is 0.0520. The summed E-state index contributed by atoms with van der Waals surface area (Å²) >= 11 is 1.37. The molecule has 176 valence electrons. The maximum absolute atomic E-state index is 13.2. The van der Waals surface area contributed by atoms with Crippen LogP contribution in [0.4, 0.5) is 0 Å². The quantitative estimate of drug-likeness (QED) is 0.259. The molecule has 0 unspecified atom stereocenters. The normalized spacial score (nSPS) is 10.8. The highest BCUT2D eigenvalue weighted by Crippen LogP contribution is 2.17. The lowest BCUT2D eigenvalue weighted by Gasteiger charge is -2.22. The number of esters is 1. The molecule has 1 aromatic heterocycles. The van der Waals surface area contributed by atoms with Gasteiger partial charge in [0.1, 0.15) is 5.01 Å². The molecular weight excluding hydrogens is 424 g/mol. The molecular formula is C25H36N2O4S. The number of aryl methyl sites for hydroxylation is 1. The molecule has 1 aromatic carbocycles. The fourth-order valence-electron chi connectivity index (χ4n) is 3.35. The minimum absolute atomic E-state index is 0.0353. The van der Waals surface area contributed by atoms with Crippen molar-refractivity contribution in [3.63, 3.8) is 0 Å². The molecule has 0 atom stereocenters. The molecule has 32 heavy (non-hydrogen) atoms. The van der Waals surface area contributed by atoms with Gasteiger partial charge in [-0.1, -0.05) is 38.3 Å². The van der Waals surface area contributed by atoms with Crippen molar-refractivity contribution in [3.8, 4) is 0 Å². The summed E-state index contributed by atoms with van der Waals surface area (Å²) in [5.74, 6) is -0.467. The van der Waals surface area contributed by atoms with Crippen molar-refractivity contribution in [1.82, 2.24) is 9.88 Å². The van der Waals surface area contributed by atoms with E-state index in [1.165, 1.54) is 42.6 Å². The van der Waals surface area contributed by atoms with Gasteiger partial charge < -0.3 is 14.4 Å². The molecule has 7 heteroatoms. The van der Waals surface area contributed by atoms with Crippen LogP contribution in [0.25, 0.3) is 0 Å². The molecule has 1 amide bonds. The number of carbonyl (C=O) groups is 2. The number of ether oxygens (including phenoxy) is 2. The van der Waals surface area contributed by atoms with Crippen LogP contribution in [0.1, 0.15) is 84.3 Å². The lowest BCUT2D eigenvalue weighted by atomic mass is 10.0. The number of nitrogens with zero attached hydrogens (tertiary/aromatic N) is 2. The van der Waals surface area contributed by atoms with Crippen molar-refractivity contribution in [2.24, 2.45) is 0 Å². The molecule has 0 radical (unpaired) electrons. The van der Waals surface area contributed by atoms with Crippen LogP contribution in [0.3, 0.4) is 0 Å². The third-order valence-corrected chi connectivity index (χ3v) is 5.92. The first-order chi connectivity index (χ1) is 15.6. The van der Waals surface area contributed by atoms with Crippen LogP contribution >= 0.6 is 11.3 Å². The Labute approximate surface area is 195 Å². The second-order valence-electron chi connectivity index (χ2n) is 7.63. The summed E-state index contributed by atoms with van der Waals surface area (Å²) in [6.07, 6.45) is 6.70. The summed E-state index contributed by atoms with van der Waals surface area (Å²) < 4.78 is 10.5. The summed E-state index contributed by atoms with van der Waals surface area (Å²) in [6.45, 7) is 8.41. The van der Waals surface area contributed by atoms with Gasteiger partial charge in [-0.2, -0.15) is 0 Å². The number of unbranched alkanes of at least 4 members (excludes halogenated alkanes) is 3. The first-order valence-electron chi connectivity index (χ1n) is 11.7. The molecule has 2 aromatic rings. The highest BCUT2D eigenvalue weighted by atomic mass is 32.1. The predicted octanol–water partition coefficient (Wildman–Crippen LogP) is 5.51. The van der Waals surface area contributed by atoms with E-state index < -0.39 is 5.97 Å². The third-order valence-electron chi connectivity index (χ3n) is 5.09. The van der Waals surface area contributed by atoms with E-state index in [0.29, 0.717) is 49.2 Å². The second kappa shape index (κ2) is 14.7. The number of carbonyl (C=O) groups excluding carboxylic acids is 2. The van der Waals surface area contributed by atoms with Crippen molar-refractivity contribution in [1.29, 1.82) is 0 Å². The van der Waals surface area contributed by atoms with E-state index in [9.17, 15) is 9.59 Å². The molecule has 0 bridgehead atoms. The Hall–Kier alpha value is -2.25. The summed E-state index contributed by atoms with van der Waals surface area (Å²) in [5, 5.41) is 2.40. The first kappa shape index (κ1) is 26.0. The van der Waals surface area contributed by atoms with Gasteiger partial charge in [-0.3, -0.25) is 4.79 Å². The van der Waals surface area contributed by atoms with Gasteiger partial charge in [0.05, 0.1) is 13.2 Å². The number of hydrogen-bond acceptors (Lipinski definition) is 6. The van der Waals surface area contributed by atoms with Gasteiger partial charge in [0, 0.05) is 30.7 Å². The van der Waals surface area contributed by atoms with Crippen molar-refractivity contribution in [2.45, 2.75) is 65.8 Å². The molecule has 0 fully saturated rings. The number of rotatable bonds is 15. The van der Waals surface area contributed by atoms with Gasteiger partial charge in [0.15, 0.2) is 5.69 Å². The van der Waals surface area contributed by atoms with Gasteiger partial charge in [-0.25, -0.2) is 9.78 Å². The van der Waals surface area contributed by atoms with Crippen molar-refractivity contribution in [2.75, 3.05) is 26.4 Å². The van der Waals surface area contributed by atoms with E-state index in [4.69, 9.17) is 9.47 Å². The van der Waals surface area contributed by atoms with Gasteiger partial charge in [0.2, 0.25) is 0 Å². The summed E-state index contributed by atoms with van der Waals surface area (Å²) in [6, 6.07) is 7.94. The Morgan fingerprint density at radius 2 is 1.78 bits per heavy atom. The average molecular weight is 461 g/mol. The van der Waals surface area contributed by atoms with Crippen LogP contribution in [0, 0.1) is 0 Å². The molecule has 0 aliphatic heterocycles. The fourth-order valence-corrected chi connectivity index (χ4v) is 4.13. The van der Waals surface area contributed by atoms with Crippen LogP contribution in [0.15, 0.2) is 29.6 Å². The molecule has 0 spiro atoms. The van der Waals surface area contributed by atoms with E-state index in [2.05, 4.69) is 24.0 Å². The topological polar surface area (TPSA) is 68.7 Å². The monoisotopic (exact) mass is 460 g/mol. The molecule has 0 aliphatic rings. The number of hydrogen-bond donors (Lipinski definition) is 0. The van der Waals surface area contributed by atoms with E-state index in [1.54, 1.807) is 17.2 Å². The molecule has 2 rings (SSSR count). The smallest absolute Gasteiger partial charge is 0.357 e. The Balaban J connectivity index is 2.04. The standard InChI is InChI=1S/C25H36N2O4S/c1-4-7-8-9-11-20-12-14-21(15-13-20)24(28)27(16-10-17-30-5-2)18-23-26-22(19-32-23)25(29)31-6-3/h12-15,19H,4-11,16-18H2,1-3H3. The third kappa shape index (κ3) is 8.71. The summed E-state index contributed by atoms with van der Waals surface area (Å²) in [4.78, 5) is 31.3. The van der Waals surface area contributed by atoms with Gasteiger partial charge in [-0.05, 0) is 50.8 Å². The molecule has 0 saturated carbocycles. The van der Waals surface area contributed by atoms with Gasteiger partial charge in [-0.15, -0.1) is 11.3 Å². The minimum atomic E-state index is -0.432. The predicted molar refractivity (Wildman–Crippen MR) is 128 cm³/mol. The molecule has 1 heterocycles. The zero-order chi connectivity index (χ0) is 23.2.